The van der Waals surface area contributed by atoms with Crippen LogP contribution in [-0.2, 0) is 28.6 Å². The number of hydrogen-bond donors (Lipinski definition) is 4. The van der Waals surface area contributed by atoms with Crippen molar-refractivity contribution in [1.29, 1.82) is 0 Å². The van der Waals surface area contributed by atoms with Crippen LogP contribution in [0.25, 0.3) is 0 Å². The molecule has 0 aromatic heterocycles. The third kappa shape index (κ3) is 6.20. The fraction of sp³-hybridized carbons (Fsp3) is 0.636. The maximum Gasteiger partial charge on any atom is 0.338 e. The normalized spacial score (nSPS) is 34.6. The van der Waals surface area contributed by atoms with Crippen molar-refractivity contribution >= 4 is 23.7 Å². The Hall–Kier alpha value is -3.12. The van der Waals surface area contributed by atoms with Gasteiger partial charge in [0.15, 0.2) is 11.9 Å². The lowest BCUT2D eigenvalue weighted by Crippen LogP contribution is -2.74. The Bertz CT molecular complexity index is 1290. The van der Waals surface area contributed by atoms with Crippen LogP contribution in [0.3, 0.4) is 0 Å². The summed E-state index contributed by atoms with van der Waals surface area (Å²) in [4.78, 5) is 52.2. The minimum Gasteiger partial charge on any atom is -0.459 e. The molecule has 244 valence electrons. The molecule has 1 fully saturated rings. The third-order valence-corrected chi connectivity index (χ3v) is 9.89. The number of carbonyl (C=O) groups is 4. The number of benzene rings is 1. The van der Waals surface area contributed by atoms with Gasteiger partial charge in [0.25, 0.3) is 0 Å². The smallest absolute Gasteiger partial charge is 0.338 e. The van der Waals surface area contributed by atoms with Crippen molar-refractivity contribution < 1.29 is 53.8 Å². The molecule has 4 N–H and O–H groups in total. The van der Waals surface area contributed by atoms with E-state index in [0.29, 0.717) is 5.57 Å². The highest BCUT2D eigenvalue weighted by Gasteiger charge is 2.71. The van der Waals surface area contributed by atoms with Gasteiger partial charge in [-0.15, -0.1) is 0 Å². The number of carbonyl (C=O) groups excluding carboxylic acids is 4. The van der Waals surface area contributed by atoms with Crippen molar-refractivity contribution in [3.05, 3.63) is 47.5 Å². The standard InChI is InChI=1S/C33H46O11/c1-18-15-30(6,7)33(41,16-24(18)37)28(44-29(39)23-12-10-9-11-13-23)26-31(8,27(38)20(3)42-21(4)35)19(2)14-25(43-22(5)36)32(26,40)17-34/h9-13,15,19-20,24-26,28,34,37,40-41H,14,16-17H2,1-8H3/t19?,20-,24+,25+,26?,28+,31-,32+,33-/m1/s1. The molecule has 1 saturated carbocycles. The lowest BCUT2D eigenvalue weighted by molar-refractivity contribution is -0.274. The molecule has 0 bridgehead atoms. The van der Waals surface area contributed by atoms with Crippen molar-refractivity contribution in [1.82, 2.24) is 0 Å². The molecule has 2 aliphatic rings. The van der Waals surface area contributed by atoms with Crippen molar-refractivity contribution in [2.75, 3.05) is 6.61 Å². The number of esters is 3. The van der Waals surface area contributed by atoms with Crippen LogP contribution in [0, 0.1) is 22.7 Å². The third-order valence-electron chi connectivity index (χ3n) is 9.89. The Labute approximate surface area is 258 Å². The first kappa shape index (κ1) is 35.4. The van der Waals surface area contributed by atoms with Crippen LogP contribution in [0.4, 0.5) is 0 Å². The van der Waals surface area contributed by atoms with Crippen LogP contribution in [0.1, 0.15) is 78.6 Å². The fourth-order valence-electron chi connectivity index (χ4n) is 7.25. The van der Waals surface area contributed by atoms with E-state index in [4.69, 9.17) is 14.2 Å². The Morgan fingerprint density at radius 2 is 1.59 bits per heavy atom. The van der Waals surface area contributed by atoms with Gasteiger partial charge in [-0.25, -0.2) is 4.79 Å². The zero-order chi connectivity index (χ0) is 33.4. The molecule has 9 atom stereocenters. The van der Waals surface area contributed by atoms with E-state index < -0.39 is 88.6 Å². The Morgan fingerprint density at radius 3 is 2.11 bits per heavy atom. The molecule has 0 heterocycles. The molecule has 2 aliphatic carbocycles. The van der Waals surface area contributed by atoms with E-state index in [-0.39, 0.29) is 18.4 Å². The topological polar surface area (TPSA) is 177 Å². The summed E-state index contributed by atoms with van der Waals surface area (Å²) < 4.78 is 16.9. The summed E-state index contributed by atoms with van der Waals surface area (Å²) >= 11 is 0. The lowest BCUT2D eigenvalue weighted by atomic mass is 9.47. The monoisotopic (exact) mass is 618 g/mol. The fourth-order valence-corrected chi connectivity index (χ4v) is 7.25. The second kappa shape index (κ2) is 12.7. The molecule has 1 aromatic rings. The molecule has 0 spiro atoms. The van der Waals surface area contributed by atoms with Gasteiger partial charge in [-0.2, -0.15) is 0 Å². The SMILES string of the molecule is CC(=O)O[C@H]1CC(C)[C@@](C)(C(=O)[C@@H](C)OC(C)=O)C([C@H](OC(=O)c2ccccc2)[C@]2(O)C[C@H](O)C(C)=CC2(C)C)[C@]1(O)CO. The minimum absolute atomic E-state index is 0.0923. The van der Waals surface area contributed by atoms with E-state index in [1.807, 2.05) is 0 Å². The average molecular weight is 619 g/mol. The first-order valence-corrected chi connectivity index (χ1v) is 14.8. The number of ketones is 1. The summed E-state index contributed by atoms with van der Waals surface area (Å²) in [6.45, 7) is 10.8. The minimum atomic E-state index is -2.45. The molecule has 11 nitrogen and oxygen atoms in total. The van der Waals surface area contributed by atoms with Gasteiger partial charge in [-0.1, -0.05) is 52.0 Å². The number of aliphatic hydroxyl groups excluding tert-OH is 2. The average Bonchev–Trinajstić information content (AvgIpc) is 2.93. The van der Waals surface area contributed by atoms with Crippen LogP contribution >= 0.6 is 0 Å². The molecule has 1 aromatic carbocycles. The van der Waals surface area contributed by atoms with Crippen LogP contribution in [0.15, 0.2) is 42.0 Å². The van der Waals surface area contributed by atoms with Gasteiger partial charge in [0.2, 0.25) is 0 Å². The molecular formula is C33H46O11. The number of ether oxygens (including phenoxy) is 3. The largest absolute Gasteiger partial charge is 0.459 e. The van der Waals surface area contributed by atoms with E-state index in [2.05, 4.69) is 0 Å². The molecule has 0 saturated heterocycles. The highest BCUT2D eigenvalue weighted by Crippen LogP contribution is 2.59. The Kier molecular flexibility index (Phi) is 10.2. The van der Waals surface area contributed by atoms with E-state index in [1.54, 1.807) is 52.0 Å². The predicted molar refractivity (Wildman–Crippen MR) is 158 cm³/mol. The van der Waals surface area contributed by atoms with Crippen molar-refractivity contribution in [3.63, 3.8) is 0 Å². The molecular weight excluding hydrogens is 572 g/mol. The van der Waals surface area contributed by atoms with Crippen molar-refractivity contribution in [3.8, 4) is 0 Å². The quantitative estimate of drug-likeness (QED) is 0.182. The predicted octanol–water partition coefficient (Wildman–Crippen LogP) is 2.52. The van der Waals surface area contributed by atoms with Gasteiger partial charge in [0, 0.05) is 37.0 Å². The maximum absolute atomic E-state index is 14.4. The molecule has 2 unspecified atom stereocenters. The summed E-state index contributed by atoms with van der Waals surface area (Å²) in [6.07, 6.45) is -4.48. The first-order chi connectivity index (χ1) is 20.3. The zero-order valence-corrected chi connectivity index (χ0v) is 26.7. The highest BCUT2D eigenvalue weighted by atomic mass is 16.6. The van der Waals surface area contributed by atoms with Crippen LogP contribution in [0.2, 0.25) is 0 Å². The highest BCUT2D eigenvalue weighted by molar-refractivity contribution is 5.92. The summed E-state index contributed by atoms with van der Waals surface area (Å²) in [7, 11) is 0. The second-order valence-electron chi connectivity index (χ2n) is 13.2. The molecule has 0 aliphatic heterocycles. The summed E-state index contributed by atoms with van der Waals surface area (Å²) in [5.74, 6) is -5.43. The maximum atomic E-state index is 14.4. The number of rotatable bonds is 9. The molecule has 3 rings (SSSR count). The van der Waals surface area contributed by atoms with Crippen molar-refractivity contribution in [2.24, 2.45) is 22.7 Å². The summed E-state index contributed by atoms with van der Waals surface area (Å²) in [5.41, 5.74) is -6.91. The zero-order valence-electron chi connectivity index (χ0n) is 26.7. The van der Waals surface area contributed by atoms with Crippen LogP contribution < -0.4 is 0 Å². The number of hydrogen-bond acceptors (Lipinski definition) is 11. The van der Waals surface area contributed by atoms with Gasteiger partial charge in [0.05, 0.1) is 18.3 Å². The van der Waals surface area contributed by atoms with Gasteiger partial charge < -0.3 is 34.6 Å². The van der Waals surface area contributed by atoms with Gasteiger partial charge in [-0.05, 0) is 43.9 Å². The second-order valence-corrected chi connectivity index (χ2v) is 13.2. The van der Waals surface area contributed by atoms with Crippen molar-refractivity contribution in [2.45, 2.75) is 104 Å². The molecule has 44 heavy (non-hydrogen) atoms. The Morgan fingerprint density at radius 1 is 1.00 bits per heavy atom. The van der Waals surface area contributed by atoms with Gasteiger partial charge in [-0.3, -0.25) is 14.4 Å². The van der Waals surface area contributed by atoms with Gasteiger partial charge in [0.1, 0.15) is 23.4 Å². The van der Waals surface area contributed by atoms with Crippen LogP contribution in [0.5, 0.6) is 0 Å². The first-order valence-electron chi connectivity index (χ1n) is 14.8. The number of Topliss-reactive ketones (excluding diaryl/α,β-unsaturated/α-hetero) is 1. The van der Waals surface area contributed by atoms with E-state index in [0.717, 1.165) is 13.8 Å². The summed E-state index contributed by atoms with van der Waals surface area (Å²) in [5, 5.41) is 47.0. The lowest BCUT2D eigenvalue weighted by Gasteiger charge is -2.61. The van der Waals surface area contributed by atoms with E-state index in [9.17, 15) is 39.6 Å². The van der Waals surface area contributed by atoms with Crippen LogP contribution in [-0.4, -0.2) is 86.3 Å². The summed E-state index contributed by atoms with van der Waals surface area (Å²) in [6, 6.07) is 7.89. The van der Waals surface area contributed by atoms with E-state index in [1.165, 1.54) is 26.0 Å². The van der Waals surface area contributed by atoms with E-state index >= 15 is 0 Å². The molecule has 11 heteroatoms. The number of aliphatic hydroxyl groups is 4. The molecule has 0 radical (unpaired) electrons. The molecule has 0 amide bonds. The van der Waals surface area contributed by atoms with Gasteiger partial charge >= 0.3 is 17.9 Å². The Balaban J connectivity index is 2.40.